The largest absolute Gasteiger partial charge is 0.337 e. The monoisotopic (exact) mass is 422 g/mol. The number of carbonyl (C=O) groups is 3. The summed E-state index contributed by atoms with van der Waals surface area (Å²) in [5, 5.41) is 5.82. The first-order valence-electron chi connectivity index (χ1n) is 10.7. The third kappa shape index (κ3) is 3.53. The number of rotatable bonds is 4. The van der Waals surface area contributed by atoms with Crippen LogP contribution in [0.15, 0.2) is 30.6 Å². The van der Waals surface area contributed by atoms with Crippen LogP contribution in [-0.2, 0) is 29.7 Å². The number of carbonyl (C=O) groups excluding carboxylic acids is 3. The molecule has 0 spiro atoms. The summed E-state index contributed by atoms with van der Waals surface area (Å²) in [4.78, 5) is 45.5. The quantitative estimate of drug-likeness (QED) is 0.689. The number of nitrogens with one attached hydrogen (secondary N) is 2. The van der Waals surface area contributed by atoms with E-state index in [4.69, 9.17) is 0 Å². The van der Waals surface area contributed by atoms with E-state index in [0.717, 1.165) is 36.6 Å². The van der Waals surface area contributed by atoms with E-state index in [1.165, 1.54) is 0 Å². The van der Waals surface area contributed by atoms with Crippen molar-refractivity contribution in [2.24, 2.45) is 7.05 Å². The molecule has 1 aromatic carbocycles. The topological polar surface area (TPSA) is 99.6 Å². The number of amides is 3. The van der Waals surface area contributed by atoms with Gasteiger partial charge in [-0.1, -0.05) is 12.1 Å². The number of piperidine rings is 1. The van der Waals surface area contributed by atoms with Crippen LogP contribution in [0.2, 0.25) is 0 Å². The molecule has 162 valence electrons. The Morgan fingerprint density at radius 2 is 2.06 bits per heavy atom. The molecule has 1 aromatic heterocycles. The summed E-state index contributed by atoms with van der Waals surface area (Å²) in [7, 11) is 2.01. The Morgan fingerprint density at radius 3 is 2.84 bits per heavy atom. The Morgan fingerprint density at radius 1 is 1.19 bits per heavy atom. The molecule has 2 N–H and O–H groups in total. The number of imide groups is 1. The number of benzene rings is 1. The molecular weight excluding hydrogens is 396 g/mol. The van der Waals surface area contributed by atoms with Gasteiger partial charge in [0, 0.05) is 64.1 Å². The second-order valence-corrected chi connectivity index (χ2v) is 8.43. The van der Waals surface area contributed by atoms with E-state index in [1.54, 1.807) is 4.90 Å². The normalized spacial score (nSPS) is 24.4. The first kappa shape index (κ1) is 19.9. The average molecular weight is 422 g/mol. The molecule has 2 atom stereocenters. The summed E-state index contributed by atoms with van der Waals surface area (Å²) in [6, 6.07) is 5.37. The number of nitrogens with zero attached hydrogens (tertiary/aromatic N) is 4. The molecule has 5 rings (SSSR count). The van der Waals surface area contributed by atoms with Crippen molar-refractivity contribution in [2.45, 2.75) is 38.0 Å². The molecule has 3 aliphatic rings. The minimum Gasteiger partial charge on any atom is -0.337 e. The van der Waals surface area contributed by atoms with E-state index < -0.39 is 6.04 Å². The molecule has 3 amide bonds. The van der Waals surface area contributed by atoms with Crippen LogP contribution in [0.5, 0.6) is 0 Å². The van der Waals surface area contributed by atoms with Gasteiger partial charge in [-0.2, -0.15) is 0 Å². The number of imidazole rings is 1. The smallest absolute Gasteiger partial charge is 0.255 e. The lowest BCUT2D eigenvalue weighted by Crippen LogP contribution is -2.52. The highest BCUT2D eigenvalue weighted by molar-refractivity contribution is 6.05. The number of aryl methyl sites for hydroxylation is 1. The number of aromatic nitrogens is 2. The first-order chi connectivity index (χ1) is 15.0. The molecule has 31 heavy (non-hydrogen) atoms. The highest BCUT2D eigenvalue weighted by Crippen LogP contribution is 2.32. The van der Waals surface area contributed by atoms with E-state index in [-0.39, 0.29) is 30.2 Å². The molecular formula is C22H26N6O3. The van der Waals surface area contributed by atoms with Gasteiger partial charge < -0.3 is 14.8 Å². The molecule has 9 nitrogen and oxygen atoms in total. The van der Waals surface area contributed by atoms with Crippen molar-refractivity contribution in [2.75, 3.05) is 19.6 Å². The summed E-state index contributed by atoms with van der Waals surface area (Å²) in [6.07, 6.45) is 4.41. The molecule has 0 saturated carbocycles. The van der Waals surface area contributed by atoms with Gasteiger partial charge in [-0.15, -0.1) is 0 Å². The minimum atomic E-state index is -0.593. The Bertz CT molecular complexity index is 1050. The van der Waals surface area contributed by atoms with E-state index in [0.29, 0.717) is 25.1 Å². The summed E-state index contributed by atoms with van der Waals surface area (Å²) < 4.78 is 2.05. The molecule has 2 aromatic rings. The van der Waals surface area contributed by atoms with Gasteiger partial charge in [0.05, 0.1) is 6.04 Å². The second-order valence-electron chi connectivity index (χ2n) is 8.43. The van der Waals surface area contributed by atoms with Crippen LogP contribution in [-0.4, -0.2) is 62.7 Å². The second kappa shape index (κ2) is 7.90. The van der Waals surface area contributed by atoms with Crippen LogP contribution in [0, 0.1) is 0 Å². The summed E-state index contributed by atoms with van der Waals surface area (Å²) in [6.45, 7) is 3.71. The van der Waals surface area contributed by atoms with Crippen molar-refractivity contribution in [1.29, 1.82) is 0 Å². The van der Waals surface area contributed by atoms with Gasteiger partial charge in [-0.3, -0.25) is 24.6 Å². The Kier molecular flexibility index (Phi) is 5.07. The minimum absolute atomic E-state index is 0.132. The summed E-state index contributed by atoms with van der Waals surface area (Å²) in [5.74, 6) is 0.231. The van der Waals surface area contributed by atoms with E-state index >= 15 is 0 Å². The molecule has 2 fully saturated rings. The van der Waals surface area contributed by atoms with Crippen LogP contribution in [0.25, 0.3) is 0 Å². The average Bonchev–Trinajstić information content (AvgIpc) is 3.33. The molecule has 4 heterocycles. The Hall–Kier alpha value is -3.04. The van der Waals surface area contributed by atoms with Crippen LogP contribution < -0.4 is 10.6 Å². The highest BCUT2D eigenvalue weighted by atomic mass is 16.2. The molecule has 9 heteroatoms. The Balaban J connectivity index is 1.40. The van der Waals surface area contributed by atoms with E-state index in [1.807, 2.05) is 36.1 Å². The van der Waals surface area contributed by atoms with Gasteiger partial charge >= 0.3 is 0 Å². The molecule has 2 unspecified atom stereocenters. The fourth-order valence-electron chi connectivity index (χ4n) is 4.91. The molecule has 0 aliphatic carbocycles. The van der Waals surface area contributed by atoms with Crippen LogP contribution >= 0.6 is 0 Å². The van der Waals surface area contributed by atoms with Crippen LogP contribution in [0.1, 0.15) is 46.2 Å². The lowest BCUT2D eigenvalue weighted by molar-refractivity contribution is -0.136. The molecule has 2 saturated heterocycles. The zero-order valence-electron chi connectivity index (χ0n) is 17.5. The van der Waals surface area contributed by atoms with Gasteiger partial charge in [-0.05, 0) is 23.6 Å². The SMILES string of the molecule is Cn1ccnc1C1CNCCN1Cc1cccc2c1CN(C1CCC(=O)NC1=O)C2=O. The third-order valence-electron chi connectivity index (χ3n) is 6.56. The van der Waals surface area contributed by atoms with Crippen molar-refractivity contribution in [3.63, 3.8) is 0 Å². The fourth-order valence-corrected chi connectivity index (χ4v) is 4.91. The predicted molar refractivity (Wildman–Crippen MR) is 112 cm³/mol. The molecule has 3 aliphatic heterocycles. The fraction of sp³-hybridized carbons (Fsp3) is 0.455. The van der Waals surface area contributed by atoms with Crippen LogP contribution in [0.4, 0.5) is 0 Å². The summed E-state index contributed by atoms with van der Waals surface area (Å²) >= 11 is 0. The zero-order valence-corrected chi connectivity index (χ0v) is 17.5. The molecule has 0 bridgehead atoms. The number of piperazine rings is 1. The lowest BCUT2D eigenvalue weighted by Gasteiger charge is -2.36. The summed E-state index contributed by atoms with van der Waals surface area (Å²) in [5.41, 5.74) is 2.74. The zero-order chi connectivity index (χ0) is 21.5. The maximum atomic E-state index is 13.1. The number of fused-ring (bicyclic) bond motifs is 1. The standard InChI is InChI=1S/C22H26N6O3/c1-26-9-8-24-20(26)18-11-23-7-10-27(18)12-14-3-2-4-15-16(14)13-28(22(15)31)17-5-6-19(29)25-21(17)30/h2-4,8-9,17-18,23H,5-7,10-13H2,1H3,(H,25,29,30). The van der Waals surface area contributed by atoms with Crippen molar-refractivity contribution in [3.8, 4) is 0 Å². The van der Waals surface area contributed by atoms with E-state index in [2.05, 4.69) is 26.6 Å². The van der Waals surface area contributed by atoms with Crippen molar-refractivity contribution >= 4 is 17.7 Å². The van der Waals surface area contributed by atoms with Crippen molar-refractivity contribution < 1.29 is 14.4 Å². The predicted octanol–water partition coefficient (Wildman–Crippen LogP) is 0.328. The Labute approximate surface area is 180 Å². The van der Waals surface area contributed by atoms with Gasteiger partial charge in [0.2, 0.25) is 11.8 Å². The first-order valence-corrected chi connectivity index (χ1v) is 10.7. The van der Waals surface area contributed by atoms with Gasteiger partial charge in [0.25, 0.3) is 5.91 Å². The van der Waals surface area contributed by atoms with E-state index in [9.17, 15) is 14.4 Å². The van der Waals surface area contributed by atoms with Gasteiger partial charge in [-0.25, -0.2) is 4.98 Å². The van der Waals surface area contributed by atoms with Gasteiger partial charge in [0.15, 0.2) is 0 Å². The maximum absolute atomic E-state index is 13.1. The van der Waals surface area contributed by atoms with Crippen molar-refractivity contribution in [1.82, 2.24) is 30.0 Å². The van der Waals surface area contributed by atoms with Crippen LogP contribution in [0.3, 0.4) is 0 Å². The molecule has 0 radical (unpaired) electrons. The lowest BCUT2D eigenvalue weighted by atomic mass is 10.0. The van der Waals surface area contributed by atoms with Gasteiger partial charge in [0.1, 0.15) is 11.9 Å². The third-order valence-corrected chi connectivity index (χ3v) is 6.56. The maximum Gasteiger partial charge on any atom is 0.255 e. The highest BCUT2D eigenvalue weighted by Gasteiger charge is 2.40. The number of hydrogen-bond acceptors (Lipinski definition) is 6. The van der Waals surface area contributed by atoms with Crippen molar-refractivity contribution in [3.05, 3.63) is 53.1 Å². The number of hydrogen-bond donors (Lipinski definition) is 2.